The number of hydrogen-bond donors (Lipinski definition) is 1. The van der Waals surface area contributed by atoms with Gasteiger partial charge < -0.3 is 5.73 Å². The highest BCUT2D eigenvalue weighted by molar-refractivity contribution is 5.28. The van der Waals surface area contributed by atoms with Crippen molar-refractivity contribution in [2.24, 2.45) is 11.7 Å². The van der Waals surface area contributed by atoms with Gasteiger partial charge >= 0.3 is 0 Å². The van der Waals surface area contributed by atoms with Gasteiger partial charge in [-0.25, -0.2) is 4.39 Å². The molecule has 1 saturated carbocycles. The van der Waals surface area contributed by atoms with Crippen molar-refractivity contribution in [1.29, 1.82) is 0 Å². The molecule has 2 atom stereocenters. The number of halogens is 1. The van der Waals surface area contributed by atoms with Crippen LogP contribution in [0.2, 0.25) is 0 Å². The quantitative estimate of drug-likeness (QED) is 0.767. The Morgan fingerprint density at radius 3 is 2.71 bits per heavy atom. The molecule has 2 heteroatoms. The third-order valence-electron chi connectivity index (χ3n) is 3.33. The summed E-state index contributed by atoms with van der Waals surface area (Å²) >= 11 is 0. The predicted molar refractivity (Wildman–Crippen MR) is 55.7 cm³/mol. The first-order chi connectivity index (χ1) is 6.72. The summed E-state index contributed by atoms with van der Waals surface area (Å²) in [6.07, 6.45) is 2.42. The van der Waals surface area contributed by atoms with Crippen LogP contribution < -0.4 is 5.73 Å². The largest absolute Gasteiger partial charge is 0.330 e. The Kier molecular flexibility index (Phi) is 2.55. The Bertz CT molecular complexity index is 333. The minimum atomic E-state index is -0.114. The van der Waals surface area contributed by atoms with E-state index in [1.165, 1.54) is 18.4 Å². The zero-order valence-corrected chi connectivity index (χ0v) is 8.46. The Morgan fingerprint density at radius 2 is 2.21 bits per heavy atom. The van der Waals surface area contributed by atoms with Gasteiger partial charge in [0.05, 0.1) is 0 Å². The summed E-state index contributed by atoms with van der Waals surface area (Å²) in [6.45, 7) is 2.57. The summed E-state index contributed by atoms with van der Waals surface area (Å²) < 4.78 is 13.0. The van der Waals surface area contributed by atoms with Gasteiger partial charge in [0, 0.05) is 0 Å². The van der Waals surface area contributed by atoms with Crippen molar-refractivity contribution in [2.45, 2.75) is 25.7 Å². The van der Waals surface area contributed by atoms with Crippen LogP contribution >= 0.6 is 0 Å². The van der Waals surface area contributed by atoms with E-state index in [2.05, 4.69) is 0 Å². The summed E-state index contributed by atoms with van der Waals surface area (Å²) in [4.78, 5) is 0. The van der Waals surface area contributed by atoms with E-state index < -0.39 is 0 Å². The topological polar surface area (TPSA) is 26.0 Å². The molecule has 0 radical (unpaired) electrons. The zero-order chi connectivity index (χ0) is 10.1. The molecule has 76 valence electrons. The monoisotopic (exact) mass is 193 g/mol. The summed E-state index contributed by atoms with van der Waals surface area (Å²) in [5.41, 5.74) is 7.65. The summed E-state index contributed by atoms with van der Waals surface area (Å²) in [5, 5.41) is 0. The number of hydrogen-bond acceptors (Lipinski definition) is 1. The van der Waals surface area contributed by atoms with Crippen LogP contribution in [0.4, 0.5) is 4.39 Å². The molecule has 1 aromatic carbocycles. The molecule has 2 unspecified atom stereocenters. The normalized spacial score (nSPS) is 25.9. The number of rotatable bonds is 2. The van der Waals surface area contributed by atoms with Crippen LogP contribution in [0.3, 0.4) is 0 Å². The van der Waals surface area contributed by atoms with Crippen molar-refractivity contribution in [3.63, 3.8) is 0 Å². The third-order valence-corrected chi connectivity index (χ3v) is 3.33. The van der Waals surface area contributed by atoms with Gasteiger partial charge in [0.25, 0.3) is 0 Å². The summed E-state index contributed by atoms with van der Waals surface area (Å²) in [6, 6.07) is 5.42. The molecule has 0 bridgehead atoms. The van der Waals surface area contributed by atoms with Crippen LogP contribution in [-0.4, -0.2) is 6.54 Å². The molecule has 0 aromatic heterocycles. The Balaban J connectivity index is 2.20. The standard InChI is InChI=1S/C12H16FN/c1-8-6-9(3-5-12(8)13)11-4-2-10(11)7-14/h3,5-6,10-11H,2,4,7,14H2,1H3. The average molecular weight is 193 g/mol. The van der Waals surface area contributed by atoms with Crippen molar-refractivity contribution in [3.8, 4) is 0 Å². The fourth-order valence-electron chi connectivity index (χ4n) is 2.19. The fourth-order valence-corrected chi connectivity index (χ4v) is 2.19. The number of aryl methyl sites for hydroxylation is 1. The van der Waals surface area contributed by atoms with Gasteiger partial charge in [-0.3, -0.25) is 0 Å². The van der Waals surface area contributed by atoms with Crippen LogP contribution in [0, 0.1) is 18.7 Å². The summed E-state index contributed by atoms with van der Waals surface area (Å²) in [7, 11) is 0. The predicted octanol–water partition coefficient (Wildman–Crippen LogP) is 2.59. The lowest BCUT2D eigenvalue weighted by molar-refractivity contribution is 0.263. The zero-order valence-electron chi connectivity index (χ0n) is 8.46. The van der Waals surface area contributed by atoms with Gasteiger partial charge in [-0.2, -0.15) is 0 Å². The molecular weight excluding hydrogens is 177 g/mol. The van der Waals surface area contributed by atoms with Gasteiger partial charge in [-0.15, -0.1) is 0 Å². The fraction of sp³-hybridized carbons (Fsp3) is 0.500. The van der Waals surface area contributed by atoms with Crippen molar-refractivity contribution in [2.75, 3.05) is 6.54 Å². The first kappa shape index (κ1) is 9.66. The van der Waals surface area contributed by atoms with Crippen molar-refractivity contribution < 1.29 is 4.39 Å². The van der Waals surface area contributed by atoms with E-state index in [0.717, 1.165) is 12.1 Å². The average Bonchev–Trinajstić information content (AvgIpc) is 2.10. The van der Waals surface area contributed by atoms with Crippen LogP contribution in [0.1, 0.15) is 29.9 Å². The molecule has 2 rings (SSSR count). The second-order valence-corrected chi connectivity index (χ2v) is 4.19. The van der Waals surface area contributed by atoms with E-state index in [0.29, 0.717) is 11.8 Å². The number of benzene rings is 1. The van der Waals surface area contributed by atoms with Gasteiger partial charge in [-0.05, 0) is 55.3 Å². The highest BCUT2D eigenvalue weighted by Crippen LogP contribution is 2.41. The molecule has 1 fully saturated rings. The lowest BCUT2D eigenvalue weighted by Crippen LogP contribution is -2.30. The third kappa shape index (κ3) is 1.55. The van der Waals surface area contributed by atoms with E-state index in [1.54, 1.807) is 6.07 Å². The van der Waals surface area contributed by atoms with Crippen LogP contribution in [0.15, 0.2) is 18.2 Å². The first-order valence-corrected chi connectivity index (χ1v) is 5.18. The van der Waals surface area contributed by atoms with E-state index >= 15 is 0 Å². The highest BCUT2D eigenvalue weighted by Gasteiger charge is 2.30. The van der Waals surface area contributed by atoms with Crippen molar-refractivity contribution in [1.82, 2.24) is 0 Å². The molecule has 0 spiro atoms. The second-order valence-electron chi connectivity index (χ2n) is 4.19. The maximum Gasteiger partial charge on any atom is 0.126 e. The smallest absolute Gasteiger partial charge is 0.126 e. The van der Waals surface area contributed by atoms with Gasteiger partial charge in [-0.1, -0.05) is 12.1 Å². The summed E-state index contributed by atoms with van der Waals surface area (Å²) in [5.74, 6) is 1.07. The maximum absolute atomic E-state index is 13.0. The van der Waals surface area contributed by atoms with Crippen LogP contribution in [0.25, 0.3) is 0 Å². The Hall–Kier alpha value is -0.890. The minimum Gasteiger partial charge on any atom is -0.330 e. The molecule has 0 amide bonds. The van der Waals surface area contributed by atoms with E-state index in [4.69, 9.17) is 5.73 Å². The van der Waals surface area contributed by atoms with Crippen molar-refractivity contribution >= 4 is 0 Å². The lowest BCUT2D eigenvalue weighted by atomic mass is 9.70. The molecule has 2 N–H and O–H groups in total. The van der Waals surface area contributed by atoms with E-state index in [-0.39, 0.29) is 5.82 Å². The molecule has 1 aliphatic carbocycles. The Labute approximate surface area is 84.1 Å². The molecule has 1 aromatic rings. The lowest BCUT2D eigenvalue weighted by Gasteiger charge is -2.36. The molecule has 0 heterocycles. The van der Waals surface area contributed by atoms with E-state index in [1.807, 2.05) is 19.1 Å². The maximum atomic E-state index is 13.0. The van der Waals surface area contributed by atoms with Crippen molar-refractivity contribution in [3.05, 3.63) is 35.1 Å². The molecule has 1 nitrogen and oxygen atoms in total. The molecule has 1 aliphatic rings. The Morgan fingerprint density at radius 1 is 1.43 bits per heavy atom. The highest BCUT2D eigenvalue weighted by atomic mass is 19.1. The molecule has 0 saturated heterocycles. The van der Waals surface area contributed by atoms with Gasteiger partial charge in [0.2, 0.25) is 0 Å². The van der Waals surface area contributed by atoms with Crippen LogP contribution in [0.5, 0.6) is 0 Å². The second kappa shape index (κ2) is 3.70. The van der Waals surface area contributed by atoms with Gasteiger partial charge in [0.15, 0.2) is 0 Å². The first-order valence-electron chi connectivity index (χ1n) is 5.18. The molecule has 0 aliphatic heterocycles. The van der Waals surface area contributed by atoms with E-state index in [9.17, 15) is 4.39 Å². The molecule has 14 heavy (non-hydrogen) atoms. The van der Waals surface area contributed by atoms with Crippen LogP contribution in [-0.2, 0) is 0 Å². The van der Waals surface area contributed by atoms with Gasteiger partial charge in [0.1, 0.15) is 5.82 Å². The molecular formula is C12H16FN. The SMILES string of the molecule is Cc1cc(C2CCC2CN)ccc1F. The number of nitrogens with two attached hydrogens (primary N) is 1. The minimum absolute atomic E-state index is 0.114.